The van der Waals surface area contributed by atoms with Crippen LogP contribution in [0.15, 0.2) is 54.9 Å². The fraction of sp³-hybridized carbons (Fsp3) is 0.150. The second-order valence-electron chi connectivity index (χ2n) is 5.77. The molecule has 2 aromatic carbocycles. The molecule has 3 rings (SSSR count). The standard InChI is InChI=1S/C20H19FN4O3/c1-27-17-8-7-13(9-18(17)28-2)11-22-20(26)16-10-19(24-12-23-16)25-15-6-4-3-5-14(15)21/h3-10,12H,11H2,1-2H3,(H,22,26)(H,23,24,25). The number of benzene rings is 2. The lowest BCUT2D eigenvalue weighted by molar-refractivity contribution is 0.0945. The van der Waals surface area contributed by atoms with E-state index in [1.807, 2.05) is 6.07 Å². The molecule has 8 heteroatoms. The van der Waals surface area contributed by atoms with Gasteiger partial charge in [0.2, 0.25) is 0 Å². The first-order valence-electron chi connectivity index (χ1n) is 8.43. The number of halogens is 1. The molecule has 0 bridgehead atoms. The van der Waals surface area contributed by atoms with Gasteiger partial charge in [-0.1, -0.05) is 18.2 Å². The lowest BCUT2D eigenvalue weighted by Gasteiger charge is -2.11. The predicted octanol–water partition coefficient (Wildman–Crippen LogP) is 3.31. The van der Waals surface area contributed by atoms with Crippen LogP contribution >= 0.6 is 0 Å². The number of rotatable bonds is 7. The SMILES string of the molecule is COc1ccc(CNC(=O)c2cc(Nc3ccccc3F)ncn2)cc1OC. The molecular weight excluding hydrogens is 363 g/mol. The van der Waals surface area contributed by atoms with Gasteiger partial charge in [0.25, 0.3) is 5.91 Å². The van der Waals surface area contributed by atoms with Gasteiger partial charge < -0.3 is 20.1 Å². The van der Waals surface area contributed by atoms with Crippen molar-refractivity contribution in [3.8, 4) is 11.5 Å². The van der Waals surface area contributed by atoms with Crippen LogP contribution in [0.5, 0.6) is 11.5 Å². The van der Waals surface area contributed by atoms with Crippen molar-refractivity contribution in [2.24, 2.45) is 0 Å². The Morgan fingerprint density at radius 3 is 2.57 bits per heavy atom. The number of aromatic nitrogens is 2. The van der Waals surface area contributed by atoms with E-state index in [-0.39, 0.29) is 23.8 Å². The number of ether oxygens (including phenoxy) is 2. The summed E-state index contributed by atoms with van der Waals surface area (Å²) in [5.41, 5.74) is 1.26. The molecule has 7 nitrogen and oxygen atoms in total. The molecule has 0 aliphatic carbocycles. The van der Waals surface area contributed by atoms with E-state index in [0.717, 1.165) is 5.56 Å². The van der Waals surface area contributed by atoms with E-state index in [9.17, 15) is 9.18 Å². The number of amides is 1. The van der Waals surface area contributed by atoms with Gasteiger partial charge in [-0.15, -0.1) is 0 Å². The molecule has 0 fully saturated rings. The summed E-state index contributed by atoms with van der Waals surface area (Å²) in [6.07, 6.45) is 1.24. The van der Waals surface area contributed by atoms with Crippen LogP contribution in [0.1, 0.15) is 16.1 Å². The molecule has 0 spiro atoms. The van der Waals surface area contributed by atoms with E-state index < -0.39 is 5.82 Å². The van der Waals surface area contributed by atoms with Crippen molar-refractivity contribution in [1.29, 1.82) is 0 Å². The Hall–Kier alpha value is -3.68. The van der Waals surface area contributed by atoms with Crippen LogP contribution < -0.4 is 20.1 Å². The first-order valence-corrected chi connectivity index (χ1v) is 8.43. The monoisotopic (exact) mass is 382 g/mol. The van der Waals surface area contributed by atoms with Crippen LogP contribution in [-0.4, -0.2) is 30.1 Å². The molecule has 2 N–H and O–H groups in total. The van der Waals surface area contributed by atoms with Gasteiger partial charge in [0.1, 0.15) is 23.7 Å². The number of carbonyl (C=O) groups is 1. The van der Waals surface area contributed by atoms with E-state index in [0.29, 0.717) is 17.3 Å². The van der Waals surface area contributed by atoms with Crippen LogP contribution in [0.2, 0.25) is 0 Å². The molecule has 3 aromatic rings. The van der Waals surface area contributed by atoms with Crippen molar-refractivity contribution < 1.29 is 18.7 Å². The van der Waals surface area contributed by atoms with Gasteiger partial charge in [0.15, 0.2) is 11.5 Å². The molecule has 0 atom stereocenters. The lowest BCUT2D eigenvalue weighted by Crippen LogP contribution is -2.24. The molecule has 0 radical (unpaired) electrons. The van der Waals surface area contributed by atoms with Crippen LogP contribution in [-0.2, 0) is 6.54 Å². The smallest absolute Gasteiger partial charge is 0.270 e. The Morgan fingerprint density at radius 1 is 1.04 bits per heavy atom. The summed E-state index contributed by atoms with van der Waals surface area (Å²) in [6, 6.07) is 13.0. The molecule has 0 unspecified atom stereocenters. The summed E-state index contributed by atoms with van der Waals surface area (Å²) in [6.45, 7) is 0.277. The second-order valence-corrected chi connectivity index (χ2v) is 5.77. The summed E-state index contributed by atoms with van der Waals surface area (Å²) in [5, 5.41) is 5.61. The summed E-state index contributed by atoms with van der Waals surface area (Å²) < 4.78 is 24.2. The third kappa shape index (κ3) is 4.53. The fourth-order valence-corrected chi connectivity index (χ4v) is 2.51. The Balaban J connectivity index is 1.67. The maximum absolute atomic E-state index is 13.8. The average Bonchev–Trinajstić information content (AvgIpc) is 2.73. The minimum absolute atomic E-state index is 0.161. The number of nitrogens with one attached hydrogen (secondary N) is 2. The number of methoxy groups -OCH3 is 2. The van der Waals surface area contributed by atoms with E-state index in [1.165, 1.54) is 18.5 Å². The molecule has 28 heavy (non-hydrogen) atoms. The maximum atomic E-state index is 13.8. The average molecular weight is 382 g/mol. The van der Waals surface area contributed by atoms with Crippen LogP contribution in [0, 0.1) is 5.82 Å². The highest BCUT2D eigenvalue weighted by Crippen LogP contribution is 2.27. The minimum atomic E-state index is -0.416. The van der Waals surface area contributed by atoms with Gasteiger partial charge in [-0.3, -0.25) is 4.79 Å². The molecule has 1 amide bonds. The van der Waals surface area contributed by atoms with Crippen LogP contribution in [0.4, 0.5) is 15.9 Å². The normalized spacial score (nSPS) is 10.2. The van der Waals surface area contributed by atoms with E-state index >= 15 is 0 Å². The molecule has 1 aromatic heterocycles. The molecule has 0 aliphatic heterocycles. The first-order chi connectivity index (χ1) is 13.6. The summed E-state index contributed by atoms with van der Waals surface area (Å²) in [7, 11) is 3.10. The van der Waals surface area contributed by atoms with Gasteiger partial charge in [-0.25, -0.2) is 14.4 Å². The van der Waals surface area contributed by atoms with Gasteiger partial charge in [0.05, 0.1) is 19.9 Å². The molecule has 1 heterocycles. The summed E-state index contributed by atoms with van der Waals surface area (Å²) in [4.78, 5) is 20.4. The van der Waals surface area contributed by atoms with Crippen molar-refractivity contribution in [2.45, 2.75) is 6.54 Å². The van der Waals surface area contributed by atoms with Crippen molar-refractivity contribution in [3.63, 3.8) is 0 Å². The van der Waals surface area contributed by atoms with E-state index in [4.69, 9.17) is 9.47 Å². The van der Waals surface area contributed by atoms with Crippen molar-refractivity contribution >= 4 is 17.4 Å². The van der Waals surface area contributed by atoms with Crippen molar-refractivity contribution in [1.82, 2.24) is 15.3 Å². The Bertz CT molecular complexity index is 981. The number of hydrogen-bond donors (Lipinski definition) is 2. The Labute approximate surface area is 161 Å². The highest BCUT2D eigenvalue weighted by molar-refractivity contribution is 5.92. The Kier molecular flexibility index (Phi) is 6.01. The zero-order valence-corrected chi connectivity index (χ0v) is 15.4. The lowest BCUT2D eigenvalue weighted by atomic mass is 10.2. The minimum Gasteiger partial charge on any atom is -0.493 e. The molecule has 0 aliphatic rings. The number of hydrogen-bond acceptors (Lipinski definition) is 6. The zero-order chi connectivity index (χ0) is 19.9. The largest absolute Gasteiger partial charge is 0.493 e. The van der Waals surface area contributed by atoms with Gasteiger partial charge in [-0.05, 0) is 29.8 Å². The summed E-state index contributed by atoms with van der Waals surface area (Å²) in [5.74, 6) is 0.704. The van der Waals surface area contributed by atoms with Gasteiger partial charge >= 0.3 is 0 Å². The highest BCUT2D eigenvalue weighted by atomic mass is 19.1. The maximum Gasteiger partial charge on any atom is 0.270 e. The first kappa shape index (κ1) is 19.1. The summed E-state index contributed by atoms with van der Waals surface area (Å²) >= 11 is 0. The number of para-hydroxylation sites is 1. The Morgan fingerprint density at radius 2 is 1.82 bits per heavy atom. The van der Waals surface area contributed by atoms with Gasteiger partial charge in [-0.2, -0.15) is 0 Å². The molecule has 144 valence electrons. The molecule has 0 saturated carbocycles. The molecule has 0 saturated heterocycles. The van der Waals surface area contributed by atoms with Crippen LogP contribution in [0.3, 0.4) is 0 Å². The third-order valence-electron chi connectivity index (χ3n) is 3.94. The number of anilines is 2. The van der Waals surface area contributed by atoms with E-state index in [1.54, 1.807) is 44.6 Å². The quantitative estimate of drug-likeness (QED) is 0.652. The van der Waals surface area contributed by atoms with Crippen LogP contribution in [0.25, 0.3) is 0 Å². The topological polar surface area (TPSA) is 85.4 Å². The van der Waals surface area contributed by atoms with Gasteiger partial charge in [0, 0.05) is 12.6 Å². The highest BCUT2D eigenvalue weighted by Gasteiger charge is 2.11. The predicted molar refractivity (Wildman–Crippen MR) is 102 cm³/mol. The van der Waals surface area contributed by atoms with Crippen molar-refractivity contribution in [3.05, 3.63) is 71.9 Å². The molecular formula is C20H19FN4O3. The third-order valence-corrected chi connectivity index (χ3v) is 3.94. The zero-order valence-electron chi connectivity index (χ0n) is 15.4. The van der Waals surface area contributed by atoms with Crippen molar-refractivity contribution in [2.75, 3.05) is 19.5 Å². The van der Waals surface area contributed by atoms with E-state index in [2.05, 4.69) is 20.6 Å². The number of nitrogens with zero attached hydrogens (tertiary/aromatic N) is 2. The number of carbonyl (C=O) groups excluding carboxylic acids is 1. The second kappa shape index (κ2) is 8.81. The fourth-order valence-electron chi connectivity index (χ4n) is 2.51.